The molecule has 0 fully saturated rings. The van der Waals surface area contributed by atoms with Gasteiger partial charge in [-0.15, -0.1) is 0 Å². The van der Waals surface area contributed by atoms with Gasteiger partial charge in [-0.3, -0.25) is 9.59 Å². The summed E-state index contributed by atoms with van der Waals surface area (Å²) in [5.41, 5.74) is 8.19. The van der Waals surface area contributed by atoms with E-state index in [-0.39, 0.29) is 5.91 Å². The highest BCUT2D eigenvalue weighted by atomic mass is 16.2. The summed E-state index contributed by atoms with van der Waals surface area (Å²) < 4.78 is 0. The largest absolute Gasteiger partial charge is 0.347 e. The topological polar surface area (TPSA) is 84.2 Å². The standard InChI is InChI=1S/C17H19N3O2/c18-11-14-6-8-15(9-7-14)20-17(22)16(19-12-21)10-13-4-2-1-3-5-13/h1-9,12,16H,10-11,18H2,(H,19,21)(H,20,22)/t16-/m0/s1. The molecular formula is C17H19N3O2. The lowest BCUT2D eigenvalue weighted by Crippen LogP contribution is -2.41. The van der Waals surface area contributed by atoms with Crippen molar-refractivity contribution in [1.82, 2.24) is 5.32 Å². The second-order valence-corrected chi connectivity index (χ2v) is 4.92. The molecular weight excluding hydrogens is 278 g/mol. The minimum absolute atomic E-state index is 0.253. The van der Waals surface area contributed by atoms with E-state index in [0.29, 0.717) is 25.1 Å². The molecule has 0 spiro atoms. The first kappa shape index (κ1) is 15.7. The minimum atomic E-state index is -0.617. The van der Waals surface area contributed by atoms with E-state index in [1.807, 2.05) is 42.5 Å². The number of hydrogen-bond acceptors (Lipinski definition) is 3. The fourth-order valence-corrected chi connectivity index (χ4v) is 2.11. The van der Waals surface area contributed by atoms with Crippen molar-refractivity contribution in [2.45, 2.75) is 19.0 Å². The molecule has 2 aromatic rings. The van der Waals surface area contributed by atoms with Crippen LogP contribution in [0.15, 0.2) is 54.6 Å². The second kappa shape index (κ2) is 7.95. The van der Waals surface area contributed by atoms with Gasteiger partial charge in [0.2, 0.25) is 12.3 Å². The lowest BCUT2D eigenvalue weighted by atomic mass is 10.1. The van der Waals surface area contributed by atoms with E-state index in [1.54, 1.807) is 12.1 Å². The maximum atomic E-state index is 12.3. The Hall–Kier alpha value is -2.66. The van der Waals surface area contributed by atoms with E-state index in [9.17, 15) is 9.59 Å². The molecule has 5 nitrogen and oxygen atoms in total. The number of rotatable bonds is 7. The zero-order valence-electron chi connectivity index (χ0n) is 12.2. The predicted octanol–water partition coefficient (Wildman–Crippen LogP) is 1.44. The number of anilines is 1. The van der Waals surface area contributed by atoms with E-state index >= 15 is 0 Å². The highest BCUT2D eigenvalue weighted by Crippen LogP contribution is 2.11. The van der Waals surface area contributed by atoms with Crippen molar-refractivity contribution >= 4 is 18.0 Å². The molecule has 4 N–H and O–H groups in total. The van der Waals surface area contributed by atoms with E-state index < -0.39 is 6.04 Å². The summed E-state index contributed by atoms with van der Waals surface area (Å²) in [5.74, 6) is -0.253. The van der Waals surface area contributed by atoms with Gasteiger partial charge in [0.15, 0.2) is 0 Å². The van der Waals surface area contributed by atoms with Crippen LogP contribution in [-0.2, 0) is 22.6 Å². The molecule has 0 aromatic heterocycles. The van der Waals surface area contributed by atoms with Gasteiger partial charge in [-0.2, -0.15) is 0 Å². The van der Waals surface area contributed by atoms with E-state index in [0.717, 1.165) is 11.1 Å². The molecule has 0 aliphatic heterocycles. The fraction of sp³-hybridized carbons (Fsp3) is 0.176. The van der Waals surface area contributed by atoms with Crippen molar-refractivity contribution < 1.29 is 9.59 Å². The summed E-state index contributed by atoms with van der Waals surface area (Å²) in [4.78, 5) is 23.0. The number of benzene rings is 2. The summed E-state index contributed by atoms with van der Waals surface area (Å²) in [7, 11) is 0. The smallest absolute Gasteiger partial charge is 0.247 e. The molecule has 2 aromatic carbocycles. The maximum absolute atomic E-state index is 12.3. The lowest BCUT2D eigenvalue weighted by Gasteiger charge is -2.16. The molecule has 0 aliphatic rings. The molecule has 2 amide bonds. The third-order valence-corrected chi connectivity index (χ3v) is 3.33. The van der Waals surface area contributed by atoms with Gasteiger partial charge < -0.3 is 16.4 Å². The van der Waals surface area contributed by atoms with Crippen LogP contribution in [0.25, 0.3) is 0 Å². The van der Waals surface area contributed by atoms with E-state index in [4.69, 9.17) is 5.73 Å². The monoisotopic (exact) mass is 297 g/mol. The molecule has 0 aliphatic carbocycles. The zero-order valence-corrected chi connectivity index (χ0v) is 12.2. The van der Waals surface area contributed by atoms with E-state index in [2.05, 4.69) is 10.6 Å². The van der Waals surface area contributed by atoms with Gasteiger partial charge in [-0.25, -0.2) is 0 Å². The van der Waals surface area contributed by atoms with Crippen molar-refractivity contribution in [3.05, 3.63) is 65.7 Å². The summed E-state index contributed by atoms with van der Waals surface area (Å²) in [6, 6.07) is 16.2. The van der Waals surface area contributed by atoms with Gasteiger partial charge in [0.1, 0.15) is 6.04 Å². The fourth-order valence-electron chi connectivity index (χ4n) is 2.11. The molecule has 0 radical (unpaired) electrons. The minimum Gasteiger partial charge on any atom is -0.347 e. The Kier molecular flexibility index (Phi) is 5.68. The summed E-state index contributed by atoms with van der Waals surface area (Å²) >= 11 is 0. The van der Waals surface area contributed by atoms with Crippen LogP contribution in [0.4, 0.5) is 5.69 Å². The first-order valence-corrected chi connectivity index (χ1v) is 7.06. The molecule has 1 atom stereocenters. The van der Waals surface area contributed by atoms with E-state index in [1.165, 1.54) is 0 Å². The van der Waals surface area contributed by atoms with Gasteiger partial charge in [0.05, 0.1) is 0 Å². The third-order valence-electron chi connectivity index (χ3n) is 3.33. The third kappa shape index (κ3) is 4.43. The van der Waals surface area contributed by atoms with Crippen molar-refractivity contribution in [1.29, 1.82) is 0 Å². The van der Waals surface area contributed by atoms with Crippen LogP contribution < -0.4 is 16.4 Å². The number of amides is 2. The van der Waals surface area contributed by atoms with Gasteiger partial charge in [-0.05, 0) is 23.3 Å². The first-order valence-electron chi connectivity index (χ1n) is 7.06. The second-order valence-electron chi connectivity index (χ2n) is 4.92. The van der Waals surface area contributed by atoms with Crippen LogP contribution in [0, 0.1) is 0 Å². The van der Waals surface area contributed by atoms with Crippen LogP contribution in [0.5, 0.6) is 0 Å². The highest BCUT2D eigenvalue weighted by molar-refractivity contribution is 5.96. The molecule has 0 bridgehead atoms. The zero-order chi connectivity index (χ0) is 15.8. The number of carbonyl (C=O) groups excluding carboxylic acids is 2. The van der Waals surface area contributed by atoms with Crippen molar-refractivity contribution in [2.24, 2.45) is 5.73 Å². The van der Waals surface area contributed by atoms with Crippen LogP contribution in [0.2, 0.25) is 0 Å². The van der Waals surface area contributed by atoms with Crippen LogP contribution >= 0.6 is 0 Å². The van der Waals surface area contributed by atoms with Gasteiger partial charge in [0, 0.05) is 18.7 Å². The van der Waals surface area contributed by atoms with Crippen molar-refractivity contribution in [3.63, 3.8) is 0 Å². The Balaban J connectivity index is 2.03. The Morgan fingerprint density at radius 2 is 1.73 bits per heavy atom. The Morgan fingerprint density at radius 1 is 1.05 bits per heavy atom. The van der Waals surface area contributed by atoms with Crippen molar-refractivity contribution in [3.8, 4) is 0 Å². The van der Waals surface area contributed by atoms with Crippen molar-refractivity contribution in [2.75, 3.05) is 5.32 Å². The highest BCUT2D eigenvalue weighted by Gasteiger charge is 2.18. The summed E-state index contributed by atoms with van der Waals surface area (Å²) in [6.07, 6.45) is 0.983. The van der Waals surface area contributed by atoms with Crippen LogP contribution in [0.3, 0.4) is 0 Å². The normalized spacial score (nSPS) is 11.5. The van der Waals surface area contributed by atoms with Crippen LogP contribution in [-0.4, -0.2) is 18.4 Å². The Morgan fingerprint density at radius 3 is 2.32 bits per heavy atom. The maximum Gasteiger partial charge on any atom is 0.247 e. The van der Waals surface area contributed by atoms with Gasteiger partial charge in [0.25, 0.3) is 0 Å². The number of nitrogens with two attached hydrogens (primary N) is 1. The lowest BCUT2D eigenvalue weighted by molar-refractivity contribution is -0.121. The Labute approximate surface area is 129 Å². The molecule has 2 rings (SSSR count). The SMILES string of the molecule is NCc1ccc(NC(=O)[C@H](Cc2ccccc2)NC=O)cc1. The quantitative estimate of drug-likeness (QED) is 0.676. The average Bonchev–Trinajstić information content (AvgIpc) is 2.56. The Bertz CT molecular complexity index is 612. The molecule has 0 saturated heterocycles. The molecule has 114 valence electrons. The van der Waals surface area contributed by atoms with Crippen LogP contribution in [0.1, 0.15) is 11.1 Å². The molecule has 22 heavy (non-hydrogen) atoms. The van der Waals surface area contributed by atoms with Gasteiger partial charge >= 0.3 is 0 Å². The number of carbonyl (C=O) groups is 2. The molecule has 0 unspecified atom stereocenters. The average molecular weight is 297 g/mol. The molecule has 0 heterocycles. The molecule has 0 saturated carbocycles. The number of nitrogens with one attached hydrogen (secondary N) is 2. The predicted molar refractivity (Wildman–Crippen MR) is 86.1 cm³/mol. The molecule has 5 heteroatoms. The van der Waals surface area contributed by atoms with Gasteiger partial charge in [-0.1, -0.05) is 42.5 Å². The first-order chi connectivity index (χ1) is 10.7. The number of hydrogen-bond donors (Lipinski definition) is 3. The summed E-state index contributed by atoms with van der Waals surface area (Å²) in [6.45, 7) is 0.456. The summed E-state index contributed by atoms with van der Waals surface area (Å²) in [5, 5.41) is 5.36.